The van der Waals surface area contributed by atoms with Gasteiger partial charge in [0.1, 0.15) is 12.4 Å². The van der Waals surface area contributed by atoms with Crippen LogP contribution >= 0.6 is 11.6 Å². The van der Waals surface area contributed by atoms with Crippen molar-refractivity contribution in [3.8, 4) is 5.75 Å². The molecule has 0 aromatic heterocycles. The topological polar surface area (TPSA) is 52.4 Å². The number of nitro benzene ring substituents is 1. The first kappa shape index (κ1) is 15.3. The highest BCUT2D eigenvalue weighted by molar-refractivity contribution is 6.17. The van der Waals surface area contributed by atoms with Crippen LogP contribution in [0.25, 0.3) is 0 Å². The second-order valence-corrected chi connectivity index (χ2v) is 5.13. The summed E-state index contributed by atoms with van der Waals surface area (Å²) in [5.74, 6) is 1.20. The van der Waals surface area contributed by atoms with Gasteiger partial charge in [0.15, 0.2) is 0 Å². The Bertz CT molecular complexity index is 647. The van der Waals surface area contributed by atoms with E-state index in [2.05, 4.69) is 0 Å². The van der Waals surface area contributed by atoms with Crippen molar-refractivity contribution >= 4 is 17.3 Å². The number of nitrogens with zero attached hydrogens (tertiary/aromatic N) is 1. The Morgan fingerprint density at radius 1 is 1.19 bits per heavy atom. The maximum atomic E-state index is 11.0. The summed E-state index contributed by atoms with van der Waals surface area (Å²) in [5, 5.41) is 11.0. The number of rotatable bonds is 5. The van der Waals surface area contributed by atoms with Crippen LogP contribution in [-0.4, -0.2) is 4.92 Å². The van der Waals surface area contributed by atoms with Crippen molar-refractivity contribution in [3.05, 3.63) is 68.8 Å². The Kier molecular flexibility index (Phi) is 4.81. The number of ether oxygens (including phenoxy) is 1. The van der Waals surface area contributed by atoms with Gasteiger partial charge in [0.25, 0.3) is 5.69 Å². The Balaban J connectivity index is 2.23. The second kappa shape index (κ2) is 6.59. The smallest absolute Gasteiger partial charge is 0.276 e. The van der Waals surface area contributed by atoms with E-state index in [1.54, 1.807) is 18.2 Å². The molecule has 4 nitrogen and oxygen atoms in total. The lowest BCUT2D eigenvalue weighted by Gasteiger charge is -2.13. The van der Waals surface area contributed by atoms with Crippen LogP contribution in [0, 0.1) is 24.0 Å². The van der Waals surface area contributed by atoms with Gasteiger partial charge < -0.3 is 4.74 Å². The van der Waals surface area contributed by atoms with Gasteiger partial charge in [0.2, 0.25) is 0 Å². The molecule has 0 radical (unpaired) electrons. The minimum Gasteiger partial charge on any atom is -0.488 e. The van der Waals surface area contributed by atoms with Crippen molar-refractivity contribution in [2.24, 2.45) is 0 Å². The van der Waals surface area contributed by atoms with E-state index in [4.69, 9.17) is 16.3 Å². The predicted molar refractivity (Wildman–Crippen MR) is 82.9 cm³/mol. The van der Waals surface area contributed by atoms with Gasteiger partial charge in [-0.2, -0.15) is 0 Å². The van der Waals surface area contributed by atoms with E-state index in [1.165, 1.54) is 6.07 Å². The fourth-order valence-corrected chi connectivity index (χ4v) is 2.46. The second-order valence-electron chi connectivity index (χ2n) is 4.87. The van der Waals surface area contributed by atoms with Crippen molar-refractivity contribution in [2.45, 2.75) is 26.3 Å². The molecule has 2 aromatic rings. The summed E-state index contributed by atoms with van der Waals surface area (Å²) < 4.78 is 5.80. The molecular weight excluding hydrogens is 290 g/mol. The summed E-state index contributed by atoms with van der Waals surface area (Å²) in [6, 6.07) is 10.5. The number of hydrogen-bond donors (Lipinski definition) is 0. The zero-order chi connectivity index (χ0) is 15.4. The van der Waals surface area contributed by atoms with Gasteiger partial charge >= 0.3 is 0 Å². The molecule has 0 aliphatic rings. The zero-order valence-corrected chi connectivity index (χ0v) is 12.7. The lowest BCUT2D eigenvalue weighted by Crippen LogP contribution is -2.02. The number of hydrogen-bond acceptors (Lipinski definition) is 3. The highest BCUT2D eigenvalue weighted by Crippen LogP contribution is 2.27. The molecule has 0 saturated heterocycles. The number of nitro groups is 1. The first-order valence-electron chi connectivity index (χ1n) is 6.54. The third-order valence-electron chi connectivity index (χ3n) is 3.23. The molecule has 0 heterocycles. The minimum absolute atomic E-state index is 0.0742. The van der Waals surface area contributed by atoms with E-state index in [1.807, 2.05) is 26.0 Å². The molecule has 5 heteroatoms. The van der Waals surface area contributed by atoms with Gasteiger partial charge in [-0.1, -0.05) is 24.3 Å². The first-order chi connectivity index (χ1) is 10.0. The molecule has 0 aliphatic carbocycles. The third kappa shape index (κ3) is 3.52. The van der Waals surface area contributed by atoms with Crippen LogP contribution in [0.15, 0.2) is 36.4 Å². The van der Waals surface area contributed by atoms with Crippen molar-refractivity contribution in [3.63, 3.8) is 0 Å². The molecule has 0 aliphatic heterocycles. The molecule has 2 aromatic carbocycles. The average Bonchev–Trinajstić information content (AvgIpc) is 2.46. The van der Waals surface area contributed by atoms with Crippen LogP contribution in [0.2, 0.25) is 0 Å². The molecule has 0 saturated carbocycles. The Morgan fingerprint density at radius 3 is 2.38 bits per heavy atom. The summed E-state index contributed by atoms with van der Waals surface area (Å²) in [7, 11) is 0. The predicted octanol–water partition coefficient (Wildman–Crippen LogP) is 4.53. The Morgan fingerprint density at radius 2 is 1.81 bits per heavy atom. The maximum Gasteiger partial charge on any atom is 0.276 e. The summed E-state index contributed by atoms with van der Waals surface area (Å²) in [6.07, 6.45) is 0. The largest absolute Gasteiger partial charge is 0.488 e. The molecule has 110 valence electrons. The highest BCUT2D eigenvalue weighted by Gasteiger charge is 2.14. The normalized spacial score (nSPS) is 10.4. The zero-order valence-electron chi connectivity index (χ0n) is 11.9. The lowest BCUT2D eigenvalue weighted by molar-refractivity contribution is -0.385. The fraction of sp³-hybridized carbons (Fsp3) is 0.250. The fourth-order valence-electron chi connectivity index (χ4n) is 2.31. The van der Waals surface area contributed by atoms with Crippen molar-refractivity contribution in [1.29, 1.82) is 0 Å². The quantitative estimate of drug-likeness (QED) is 0.463. The number of benzene rings is 2. The standard InChI is InChI=1S/C16H16ClNO3/c1-11-7-13(9-17)8-12(2)16(11)21-10-14-5-3-4-6-15(14)18(19)20/h3-8H,9-10H2,1-2H3. The van der Waals surface area contributed by atoms with Crippen LogP contribution in [0.5, 0.6) is 5.75 Å². The molecule has 0 spiro atoms. The summed E-state index contributed by atoms with van der Waals surface area (Å²) >= 11 is 5.84. The number of alkyl halides is 1. The van der Waals surface area contributed by atoms with Gasteiger partial charge in [0.05, 0.1) is 10.5 Å². The van der Waals surface area contributed by atoms with Gasteiger partial charge in [0, 0.05) is 11.9 Å². The number of aryl methyl sites for hydroxylation is 2. The molecule has 0 N–H and O–H groups in total. The molecule has 21 heavy (non-hydrogen) atoms. The third-order valence-corrected chi connectivity index (χ3v) is 3.54. The van der Waals surface area contributed by atoms with Crippen LogP contribution in [0.1, 0.15) is 22.3 Å². The van der Waals surface area contributed by atoms with Gasteiger partial charge in [-0.05, 0) is 36.6 Å². The van der Waals surface area contributed by atoms with E-state index < -0.39 is 4.92 Å². The minimum atomic E-state index is -0.394. The van der Waals surface area contributed by atoms with Crippen LogP contribution < -0.4 is 4.74 Å². The van der Waals surface area contributed by atoms with E-state index in [0.29, 0.717) is 11.4 Å². The van der Waals surface area contributed by atoms with E-state index >= 15 is 0 Å². The monoisotopic (exact) mass is 305 g/mol. The van der Waals surface area contributed by atoms with Crippen molar-refractivity contribution < 1.29 is 9.66 Å². The maximum absolute atomic E-state index is 11.0. The van der Waals surface area contributed by atoms with Gasteiger partial charge in [-0.15, -0.1) is 11.6 Å². The van der Waals surface area contributed by atoms with Crippen LogP contribution in [0.3, 0.4) is 0 Å². The molecular formula is C16H16ClNO3. The van der Waals surface area contributed by atoms with E-state index in [9.17, 15) is 10.1 Å². The lowest BCUT2D eigenvalue weighted by atomic mass is 10.1. The summed E-state index contributed by atoms with van der Waals surface area (Å²) in [4.78, 5) is 10.6. The first-order valence-corrected chi connectivity index (χ1v) is 7.07. The molecule has 0 unspecified atom stereocenters. The highest BCUT2D eigenvalue weighted by atomic mass is 35.5. The van der Waals surface area contributed by atoms with Crippen LogP contribution in [0.4, 0.5) is 5.69 Å². The van der Waals surface area contributed by atoms with E-state index in [-0.39, 0.29) is 12.3 Å². The van der Waals surface area contributed by atoms with E-state index in [0.717, 1.165) is 22.4 Å². The molecule has 0 bridgehead atoms. The molecule has 0 amide bonds. The molecule has 2 rings (SSSR count). The Hall–Kier alpha value is -2.07. The van der Waals surface area contributed by atoms with Crippen LogP contribution in [-0.2, 0) is 12.5 Å². The summed E-state index contributed by atoms with van der Waals surface area (Å²) in [5.41, 5.74) is 3.62. The molecule has 0 atom stereocenters. The number of para-hydroxylation sites is 1. The molecule has 0 fully saturated rings. The van der Waals surface area contributed by atoms with Crippen molar-refractivity contribution in [2.75, 3.05) is 0 Å². The number of halogens is 1. The Labute approximate surface area is 128 Å². The average molecular weight is 306 g/mol. The van der Waals surface area contributed by atoms with Crippen molar-refractivity contribution in [1.82, 2.24) is 0 Å². The van der Waals surface area contributed by atoms with Gasteiger partial charge in [-0.25, -0.2) is 0 Å². The van der Waals surface area contributed by atoms with Gasteiger partial charge in [-0.3, -0.25) is 10.1 Å². The SMILES string of the molecule is Cc1cc(CCl)cc(C)c1OCc1ccccc1[N+](=O)[O-]. The summed E-state index contributed by atoms with van der Waals surface area (Å²) in [6.45, 7) is 4.05.